The van der Waals surface area contributed by atoms with E-state index in [0.29, 0.717) is 46.5 Å². The number of nitrogens with two attached hydrogens (primary N) is 1. The fraction of sp³-hybridized carbons (Fsp3) is 0.462. The van der Waals surface area contributed by atoms with Crippen LogP contribution in [0.2, 0.25) is 5.02 Å². The Balaban J connectivity index is 1.31. The fourth-order valence-electron chi connectivity index (χ4n) is 4.30. The maximum atomic E-state index is 12.6. The molecule has 1 aliphatic heterocycles. The molecule has 0 atom stereocenters. The second kappa shape index (κ2) is 12.6. The minimum absolute atomic E-state index is 0.000164. The van der Waals surface area contributed by atoms with Gasteiger partial charge in [-0.2, -0.15) is 0 Å². The number of halogens is 1. The SMILES string of the molecule is COc1cc(N)c(Cl)cc1C(=O)NCC1CCN(CCCCCC(=O)c2ccccc2O)CC1. The molecule has 0 saturated carbocycles. The van der Waals surface area contributed by atoms with Gasteiger partial charge in [0.15, 0.2) is 5.78 Å². The number of para-hydroxylation sites is 1. The summed E-state index contributed by atoms with van der Waals surface area (Å²) < 4.78 is 5.27. The van der Waals surface area contributed by atoms with Crippen LogP contribution in [0.5, 0.6) is 11.5 Å². The van der Waals surface area contributed by atoms with E-state index in [9.17, 15) is 14.7 Å². The average molecular weight is 488 g/mol. The number of unbranched alkanes of at least 4 members (excludes halogenated alkanes) is 2. The second-order valence-electron chi connectivity index (χ2n) is 8.82. The van der Waals surface area contributed by atoms with Crippen LogP contribution >= 0.6 is 11.6 Å². The first-order valence-corrected chi connectivity index (χ1v) is 12.2. The Morgan fingerprint density at radius 1 is 1.15 bits per heavy atom. The third kappa shape index (κ3) is 7.11. The zero-order chi connectivity index (χ0) is 24.5. The highest BCUT2D eigenvalue weighted by atomic mass is 35.5. The Morgan fingerprint density at radius 3 is 2.59 bits per heavy atom. The van der Waals surface area contributed by atoms with Gasteiger partial charge in [0.05, 0.1) is 28.9 Å². The van der Waals surface area contributed by atoms with Crippen LogP contribution in [0, 0.1) is 5.92 Å². The van der Waals surface area contributed by atoms with Crippen LogP contribution in [0.4, 0.5) is 5.69 Å². The molecule has 7 nitrogen and oxygen atoms in total. The highest BCUT2D eigenvalue weighted by Crippen LogP contribution is 2.29. The number of Topliss-reactive ketones (excluding diaryl/α,β-unsaturated/α-hetero) is 1. The minimum Gasteiger partial charge on any atom is -0.507 e. The topological polar surface area (TPSA) is 105 Å². The molecule has 0 spiro atoms. The van der Waals surface area contributed by atoms with Crippen LogP contribution < -0.4 is 15.8 Å². The van der Waals surface area contributed by atoms with Gasteiger partial charge in [-0.1, -0.05) is 30.2 Å². The number of piperidine rings is 1. The third-order valence-electron chi connectivity index (χ3n) is 6.40. The number of hydrogen-bond acceptors (Lipinski definition) is 6. The summed E-state index contributed by atoms with van der Waals surface area (Å²) in [7, 11) is 1.50. The van der Waals surface area contributed by atoms with Gasteiger partial charge in [-0.15, -0.1) is 0 Å². The number of phenolic OH excluding ortho intramolecular Hbond substituents is 1. The Hall–Kier alpha value is -2.77. The van der Waals surface area contributed by atoms with Crippen LogP contribution in [0.15, 0.2) is 36.4 Å². The van der Waals surface area contributed by atoms with Crippen molar-refractivity contribution in [1.29, 1.82) is 0 Å². The van der Waals surface area contributed by atoms with Crippen molar-refractivity contribution in [3.63, 3.8) is 0 Å². The summed E-state index contributed by atoms with van der Waals surface area (Å²) in [6.07, 6.45) is 5.39. The van der Waals surface area contributed by atoms with Gasteiger partial charge in [0.1, 0.15) is 11.5 Å². The highest BCUT2D eigenvalue weighted by Gasteiger charge is 2.21. The van der Waals surface area contributed by atoms with Gasteiger partial charge in [0, 0.05) is 19.0 Å². The summed E-state index contributed by atoms with van der Waals surface area (Å²) in [5.41, 5.74) is 6.97. The molecule has 1 saturated heterocycles. The number of phenols is 1. The van der Waals surface area contributed by atoms with Gasteiger partial charge in [0.25, 0.3) is 5.91 Å². The van der Waals surface area contributed by atoms with Crippen LogP contribution in [0.1, 0.15) is 59.2 Å². The number of nitrogens with one attached hydrogen (secondary N) is 1. The molecular formula is C26H34ClN3O4. The number of anilines is 1. The number of ether oxygens (including phenoxy) is 1. The van der Waals surface area contributed by atoms with Gasteiger partial charge in [-0.05, 0) is 69.4 Å². The zero-order valence-electron chi connectivity index (χ0n) is 19.7. The number of likely N-dealkylation sites (tertiary alicyclic amines) is 1. The fourth-order valence-corrected chi connectivity index (χ4v) is 4.47. The number of nitrogens with zero attached hydrogens (tertiary/aromatic N) is 1. The number of benzene rings is 2. The van der Waals surface area contributed by atoms with E-state index in [1.54, 1.807) is 36.4 Å². The van der Waals surface area contributed by atoms with Crippen molar-refractivity contribution < 1.29 is 19.4 Å². The minimum atomic E-state index is -0.209. The lowest BCUT2D eigenvalue weighted by molar-refractivity contribution is 0.0932. The van der Waals surface area contributed by atoms with Crippen molar-refractivity contribution in [1.82, 2.24) is 10.2 Å². The predicted molar refractivity (Wildman–Crippen MR) is 135 cm³/mol. The van der Waals surface area contributed by atoms with Crippen LogP contribution in [-0.4, -0.2) is 55.0 Å². The van der Waals surface area contributed by atoms with Crippen molar-refractivity contribution in [3.8, 4) is 11.5 Å². The quantitative estimate of drug-likeness (QED) is 0.244. The second-order valence-corrected chi connectivity index (χ2v) is 9.23. The molecule has 34 heavy (non-hydrogen) atoms. The summed E-state index contributed by atoms with van der Waals surface area (Å²) >= 11 is 6.07. The Kier molecular flexibility index (Phi) is 9.60. The van der Waals surface area contributed by atoms with E-state index in [-0.39, 0.29) is 17.4 Å². The molecule has 2 aromatic rings. The van der Waals surface area contributed by atoms with Crippen LogP contribution in [-0.2, 0) is 0 Å². The molecule has 2 aromatic carbocycles. The lowest BCUT2D eigenvalue weighted by Gasteiger charge is -2.32. The van der Waals surface area contributed by atoms with Crippen molar-refractivity contribution in [2.24, 2.45) is 5.92 Å². The molecule has 1 aliphatic rings. The normalized spacial score (nSPS) is 14.6. The Bertz CT molecular complexity index is 990. The molecule has 1 heterocycles. The Morgan fingerprint density at radius 2 is 1.88 bits per heavy atom. The predicted octanol–water partition coefficient (Wildman–Crippen LogP) is 4.52. The first-order valence-electron chi connectivity index (χ1n) is 11.8. The van der Waals surface area contributed by atoms with E-state index < -0.39 is 0 Å². The molecule has 3 rings (SSSR count). The number of rotatable bonds is 11. The molecule has 0 unspecified atom stereocenters. The van der Waals surface area contributed by atoms with Crippen LogP contribution in [0.25, 0.3) is 0 Å². The number of ketones is 1. The first-order chi connectivity index (χ1) is 16.4. The molecule has 1 fully saturated rings. The summed E-state index contributed by atoms with van der Waals surface area (Å²) in [5.74, 6) is 0.699. The monoisotopic (exact) mass is 487 g/mol. The maximum absolute atomic E-state index is 12.6. The molecule has 1 amide bonds. The standard InChI is InChI=1S/C26H34ClN3O4/c1-34-25-16-22(28)21(27)15-20(25)26(33)29-17-18-10-13-30(14-11-18)12-6-2-3-8-23(31)19-7-4-5-9-24(19)32/h4-5,7,9,15-16,18,32H,2-3,6,8,10-14,17,28H2,1H3,(H,29,33). The first kappa shape index (κ1) is 25.8. The smallest absolute Gasteiger partial charge is 0.255 e. The van der Waals surface area contributed by atoms with E-state index >= 15 is 0 Å². The number of hydrogen-bond donors (Lipinski definition) is 3. The molecular weight excluding hydrogens is 454 g/mol. The summed E-state index contributed by atoms with van der Waals surface area (Å²) in [5, 5.41) is 13.1. The maximum Gasteiger partial charge on any atom is 0.255 e. The summed E-state index contributed by atoms with van der Waals surface area (Å²) in [6.45, 7) is 3.65. The molecule has 0 aromatic heterocycles. The molecule has 8 heteroatoms. The van der Waals surface area contributed by atoms with E-state index in [1.165, 1.54) is 7.11 Å². The number of amides is 1. The van der Waals surface area contributed by atoms with E-state index in [0.717, 1.165) is 51.7 Å². The number of carbonyl (C=O) groups is 2. The van der Waals surface area contributed by atoms with Gasteiger partial charge in [-0.25, -0.2) is 0 Å². The lowest BCUT2D eigenvalue weighted by Crippen LogP contribution is -2.39. The average Bonchev–Trinajstić information content (AvgIpc) is 2.84. The van der Waals surface area contributed by atoms with Crippen molar-refractivity contribution in [2.45, 2.75) is 38.5 Å². The lowest BCUT2D eigenvalue weighted by atomic mass is 9.96. The summed E-state index contributed by atoms with van der Waals surface area (Å²) in [6, 6.07) is 9.82. The number of carbonyl (C=O) groups excluding carboxylic acids is 2. The molecule has 0 radical (unpaired) electrons. The van der Waals surface area contributed by atoms with Gasteiger partial charge in [0.2, 0.25) is 0 Å². The molecule has 0 aliphatic carbocycles. The van der Waals surface area contributed by atoms with Gasteiger partial charge >= 0.3 is 0 Å². The third-order valence-corrected chi connectivity index (χ3v) is 6.73. The van der Waals surface area contributed by atoms with E-state index in [2.05, 4.69) is 10.2 Å². The van der Waals surface area contributed by atoms with Crippen molar-refractivity contribution in [2.75, 3.05) is 39.0 Å². The van der Waals surface area contributed by atoms with E-state index in [4.69, 9.17) is 22.1 Å². The highest BCUT2D eigenvalue weighted by molar-refractivity contribution is 6.33. The summed E-state index contributed by atoms with van der Waals surface area (Å²) in [4.78, 5) is 27.3. The molecule has 0 bridgehead atoms. The van der Waals surface area contributed by atoms with Gasteiger partial charge < -0.3 is 25.8 Å². The van der Waals surface area contributed by atoms with Crippen LogP contribution in [0.3, 0.4) is 0 Å². The number of methoxy groups -OCH3 is 1. The van der Waals surface area contributed by atoms with Crippen molar-refractivity contribution >= 4 is 29.0 Å². The van der Waals surface area contributed by atoms with Gasteiger partial charge in [-0.3, -0.25) is 9.59 Å². The molecule has 4 N–H and O–H groups in total. The number of nitrogen functional groups attached to an aromatic ring is 1. The largest absolute Gasteiger partial charge is 0.507 e. The molecule has 184 valence electrons. The Labute approximate surface area is 206 Å². The zero-order valence-corrected chi connectivity index (χ0v) is 20.4. The number of aromatic hydroxyl groups is 1. The van der Waals surface area contributed by atoms with Crippen molar-refractivity contribution in [3.05, 3.63) is 52.5 Å². The van der Waals surface area contributed by atoms with E-state index in [1.807, 2.05) is 0 Å².